The maximum atomic E-state index is 12.6. The zero-order chi connectivity index (χ0) is 17.5. The molecule has 0 saturated carbocycles. The van der Waals surface area contributed by atoms with Crippen LogP contribution in [0.25, 0.3) is 10.9 Å². The number of piperazine rings is 1. The SMILES string of the molecule is CC(C)(C)OC(=O)N1CCN(c2cccc3c(Br)c[nH]c23)C(=O)C1. The highest BCUT2D eigenvalue weighted by Gasteiger charge is 2.31. The van der Waals surface area contributed by atoms with Crippen LogP contribution in [-0.2, 0) is 9.53 Å². The molecule has 2 aromatic rings. The second-order valence-electron chi connectivity index (χ2n) is 6.78. The number of carbonyl (C=O) groups is 2. The summed E-state index contributed by atoms with van der Waals surface area (Å²) in [4.78, 5) is 31.1. The summed E-state index contributed by atoms with van der Waals surface area (Å²) in [7, 11) is 0. The highest BCUT2D eigenvalue weighted by molar-refractivity contribution is 9.10. The molecule has 3 rings (SSSR count). The van der Waals surface area contributed by atoms with Crippen LogP contribution < -0.4 is 4.90 Å². The van der Waals surface area contributed by atoms with E-state index in [9.17, 15) is 9.59 Å². The molecule has 2 heterocycles. The normalized spacial score (nSPS) is 15.9. The molecular formula is C17H20BrN3O3. The Labute approximate surface area is 148 Å². The first kappa shape index (κ1) is 16.8. The zero-order valence-corrected chi connectivity index (χ0v) is 15.5. The Hall–Kier alpha value is -2.02. The molecule has 1 aromatic heterocycles. The van der Waals surface area contributed by atoms with E-state index in [0.717, 1.165) is 21.1 Å². The number of H-pyrrole nitrogens is 1. The monoisotopic (exact) mass is 393 g/mol. The molecular weight excluding hydrogens is 374 g/mol. The van der Waals surface area contributed by atoms with Gasteiger partial charge in [0, 0.05) is 29.1 Å². The number of benzene rings is 1. The van der Waals surface area contributed by atoms with Crippen LogP contribution in [0.2, 0.25) is 0 Å². The fourth-order valence-electron chi connectivity index (χ4n) is 2.74. The number of carbonyl (C=O) groups excluding carboxylic acids is 2. The molecule has 2 amide bonds. The number of aromatic nitrogens is 1. The van der Waals surface area contributed by atoms with Crippen LogP contribution in [0.1, 0.15) is 20.8 Å². The number of aromatic amines is 1. The molecule has 7 heteroatoms. The van der Waals surface area contributed by atoms with E-state index in [1.54, 1.807) is 4.90 Å². The van der Waals surface area contributed by atoms with Gasteiger partial charge in [0.1, 0.15) is 12.1 Å². The van der Waals surface area contributed by atoms with E-state index in [0.29, 0.717) is 13.1 Å². The van der Waals surface area contributed by atoms with Gasteiger partial charge in [-0.1, -0.05) is 12.1 Å². The lowest BCUT2D eigenvalue weighted by atomic mass is 10.2. The van der Waals surface area contributed by atoms with Crippen LogP contribution in [0, 0.1) is 0 Å². The molecule has 0 unspecified atom stereocenters. The number of para-hydroxylation sites is 1. The van der Waals surface area contributed by atoms with Crippen molar-refractivity contribution in [2.24, 2.45) is 0 Å². The number of nitrogens with zero attached hydrogens (tertiary/aromatic N) is 2. The van der Waals surface area contributed by atoms with Crippen LogP contribution in [0.4, 0.5) is 10.5 Å². The maximum absolute atomic E-state index is 12.6. The lowest BCUT2D eigenvalue weighted by molar-refractivity contribution is -0.121. The Morgan fingerprint density at radius 2 is 2.04 bits per heavy atom. The van der Waals surface area contributed by atoms with Gasteiger partial charge in [-0.3, -0.25) is 9.69 Å². The molecule has 1 fully saturated rings. The highest BCUT2D eigenvalue weighted by Crippen LogP contribution is 2.31. The highest BCUT2D eigenvalue weighted by atomic mass is 79.9. The van der Waals surface area contributed by atoms with Crippen molar-refractivity contribution in [3.05, 3.63) is 28.9 Å². The number of rotatable bonds is 1. The summed E-state index contributed by atoms with van der Waals surface area (Å²) in [6.07, 6.45) is 1.41. The molecule has 0 aliphatic carbocycles. The predicted molar refractivity (Wildman–Crippen MR) is 96.2 cm³/mol. The van der Waals surface area contributed by atoms with E-state index in [1.165, 1.54) is 4.90 Å². The summed E-state index contributed by atoms with van der Waals surface area (Å²) >= 11 is 3.49. The smallest absolute Gasteiger partial charge is 0.410 e. The van der Waals surface area contributed by atoms with Gasteiger partial charge in [-0.15, -0.1) is 0 Å². The van der Waals surface area contributed by atoms with Crippen molar-refractivity contribution >= 4 is 44.5 Å². The van der Waals surface area contributed by atoms with Gasteiger partial charge in [0.15, 0.2) is 0 Å². The maximum Gasteiger partial charge on any atom is 0.410 e. The topological polar surface area (TPSA) is 65.6 Å². The fraction of sp³-hybridized carbons (Fsp3) is 0.412. The number of halogens is 1. The molecule has 1 aliphatic rings. The van der Waals surface area contributed by atoms with Crippen molar-refractivity contribution in [2.45, 2.75) is 26.4 Å². The third kappa shape index (κ3) is 3.26. The Bertz CT molecular complexity index is 794. The van der Waals surface area contributed by atoms with E-state index in [-0.39, 0.29) is 12.5 Å². The average molecular weight is 394 g/mol. The van der Waals surface area contributed by atoms with Crippen molar-refractivity contribution in [3.63, 3.8) is 0 Å². The Morgan fingerprint density at radius 1 is 1.29 bits per heavy atom. The number of fused-ring (bicyclic) bond motifs is 1. The molecule has 0 atom stereocenters. The standard InChI is InChI=1S/C17H20BrN3O3/c1-17(2,3)24-16(23)20-7-8-21(14(22)10-20)13-6-4-5-11-12(18)9-19-15(11)13/h4-6,9,19H,7-8,10H2,1-3H3. The molecule has 128 valence electrons. The van der Waals surface area contributed by atoms with Gasteiger partial charge >= 0.3 is 6.09 Å². The van der Waals surface area contributed by atoms with Gasteiger partial charge in [-0.25, -0.2) is 4.79 Å². The number of hydrogen-bond donors (Lipinski definition) is 1. The van der Waals surface area contributed by atoms with Crippen LogP contribution in [-0.4, -0.2) is 47.1 Å². The number of nitrogens with one attached hydrogen (secondary N) is 1. The Kier molecular flexibility index (Phi) is 4.29. The largest absolute Gasteiger partial charge is 0.444 e. The van der Waals surface area contributed by atoms with E-state index in [1.807, 2.05) is 45.2 Å². The first-order valence-electron chi connectivity index (χ1n) is 7.80. The first-order chi connectivity index (χ1) is 11.3. The molecule has 0 bridgehead atoms. The van der Waals surface area contributed by atoms with Crippen molar-refractivity contribution in [3.8, 4) is 0 Å². The zero-order valence-electron chi connectivity index (χ0n) is 13.9. The lowest BCUT2D eigenvalue weighted by Crippen LogP contribution is -2.53. The minimum atomic E-state index is -0.570. The Morgan fingerprint density at radius 3 is 2.71 bits per heavy atom. The molecule has 1 aliphatic heterocycles. The van der Waals surface area contributed by atoms with E-state index in [4.69, 9.17) is 4.74 Å². The number of hydrogen-bond acceptors (Lipinski definition) is 3. The predicted octanol–water partition coefficient (Wildman–Crippen LogP) is 3.51. The van der Waals surface area contributed by atoms with Crippen LogP contribution in [0.15, 0.2) is 28.9 Å². The summed E-state index contributed by atoms with van der Waals surface area (Å²) in [6.45, 7) is 6.34. The Balaban J connectivity index is 1.79. The van der Waals surface area contributed by atoms with Gasteiger partial charge < -0.3 is 14.6 Å². The summed E-state index contributed by atoms with van der Waals surface area (Å²) in [5.74, 6) is -0.120. The van der Waals surface area contributed by atoms with Crippen LogP contribution >= 0.6 is 15.9 Å². The van der Waals surface area contributed by atoms with E-state index < -0.39 is 11.7 Å². The number of ether oxygens (including phenoxy) is 1. The minimum absolute atomic E-state index is 0.0210. The molecule has 0 radical (unpaired) electrons. The van der Waals surface area contributed by atoms with E-state index >= 15 is 0 Å². The van der Waals surface area contributed by atoms with Gasteiger partial charge in [-0.2, -0.15) is 0 Å². The fourth-order valence-corrected chi connectivity index (χ4v) is 3.18. The van der Waals surface area contributed by atoms with Crippen molar-refractivity contribution in [2.75, 3.05) is 24.5 Å². The van der Waals surface area contributed by atoms with Crippen molar-refractivity contribution in [1.82, 2.24) is 9.88 Å². The number of amides is 2. The molecule has 24 heavy (non-hydrogen) atoms. The van der Waals surface area contributed by atoms with Crippen molar-refractivity contribution < 1.29 is 14.3 Å². The molecule has 1 aromatic carbocycles. The van der Waals surface area contributed by atoms with Crippen LogP contribution in [0.5, 0.6) is 0 Å². The molecule has 1 saturated heterocycles. The summed E-state index contributed by atoms with van der Waals surface area (Å²) in [5, 5.41) is 1.02. The molecule has 6 nitrogen and oxygen atoms in total. The lowest BCUT2D eigenvalue weighted by Gasteiger charge is -2.35. The second-order valence-corrected chi connectivity index (χ2v) is 7.64. The van der Waals surface area contributed by atoms with E-state index in [2.05, 4.69) is 20.9 Å². The van der Waals surface area contributed by atoms with Gasteiger partial charge in [0.05, 0.1) is 11.2 Å². The van der Waals surface area contributed by atoms with Gasteiger partial charge in [-0.05, 0) is 42.8 Å². The average Bonchev–Trinajstić information content (AvgIpc) is 2.87. The second kappa shape index (κ2) is 6.12. The van der Waals surface area contributed by atoms with Gasteiger partial charge in [0.25, 0.3) is 0 Å². The summed E-state index contributed by atoms with van der Waals surface area (Å²) in [5.41, 5.74) is 1.16. The quantitative estimate of drug-likeness (QED) is 0.805. The van der Waals surface area contributed by atoms with Gasteiger partial charge in [0.2, 0.25) is 5.91 Å². The number of anilines is 1. The first-order valence-corrected chi connectivity index (χ1v) is 8.59. The molecule has 1 N–H and O–H groups in total. The minimum Gasteiger partial charge on any atom is -0.444 e. The van der Waals surface area contributed by atoms with Crippen LogP contribution in [0.3, 0.4) is 0 Å². The molecule has 0 spiro atoms. The third-order valence-corrected chi connectivity index (χ3v) is 4.46. The summed E-state index contributed by atoms with van der Waals surface area (Å²) in [6, 6.07) is 5.82. The third-order valence-electron chi connectivity index (χ3n) is 3.81. The summed E-state index contributed by atoms with van der Waals surface area (Å²) < 4.78 is 6.30. The van der Waals surface area contributed by atoms with Crippen molar-refractivity contribution in [1.29, 1.82) is 0 Å².